The predicted molar refractivity (Wildman–Crippen MR) is 119 cm³/mol. The summed E-state index contributed by atoms with van der Waals surface area (Å²) in [6.07, 6.45) is 3.66. The van der Waals surface area contributed by atoms with Gasteiger partial charge in [0.25, 0.3) is 0 Å². The predicted octanol–water partition coefficient (Wildman–Crippen LogP) is -0.961. The molecule has 164 valence electrons. The fraction of sp³-hybridized carbons (Fsp3) is 0.700. The second-order valence-corrected chi connectivity index (χ2v) is 12.0. The van der Waals surface area contributed by atoms with Gasteiger partial charge in [0.15, 0.2) is 0 Å². The Labute approximate surface area is 194 Å². The van der Waals surface area contributed by atoms with E-state index in [9.17, 15) is 9.90 Å². The monoisotopic (exact) mass is 628 g/mol. The van der Waals surface area contributed by atoms with E-state index < -0.39 is 5.97 Å². The number of hydrogen-bond acceptors (Lipinski definition) is 6. The summed E-state index contributed by atoms with van der Waals surface area (Å²) in [4.78, 5) is 23.3. The van der Waals surface area contributed by atoms with Gasteiger partial charge in [-0.1, -0.05) is 0 Å². The average molecular weight is 628 g/mol. The molecular formula is C20H32I2N5O2-. The summed E-state index contributed by atoms with van der Waals surface area (Å²) in [6.45, 7) is 12.2. The average Bonchev–Trinajstić information content (AvgIpc) is 2.79. The Hall–Kier alpha value is -0.0800. The van der Waals surface area contributed by atoms with Crippen LogP contribution in [0.25, 0.3) is 0 Å². The van der Waals surface area contributed by atoms with E-state index in [1.54, 1.807) is 12.1 Å². The SMILES string of the molecule is O=C(O)c1cccc(CN2CCCN3CCCN(CCCN([I-]I)CC3)CC2)n1. The van der Waals surface area contributed by atoms with Crippen LogP contribution in [0.1, 0.15) is 35.4 Å². The Morgan fingerprint density at radius 1 is 0.931 bits per heavy atom. The molecule has 0 saturated carbocycles. The first-order valence-electron chi connectivity index (χ1n) is 10.5. The van der Waals surface area contributed by atoms with Crippen molar-refractivity contribution in [1.29, 1.82) is 0 Å². The van der Waals surface area contributed by atoms with Crippen molar-refractivity contribution in [1.82, 2.24) is 22.8 Å². The molecule has 7 nitrogen and oxygen atoms in total. The van der Waals surface area contributed by atoms with Crippen LogP contribution in [-0.2, 0) is 6.54 Å². The molecule has 2 bridgehead atoms. The molecule has 9 heteroatoms. The summed E-state index contributed by atoms with van der Waals surface area (Å²) < 4.78 is 2.69. The maximum absolute atomic E-state index is 11.2. The molecule has 2 atom stereocenters. The molecule has 1 N–H and O–H groups in total. The third-order valence-electron chi connectivity index (χ3n) is 5.67. The molecule has 1 aromatic rings. The van der Waals surface area contributed by atoms with Crippen LogP contribution in [0.4, 0.5) is 0 Å². The Kier molecular flexibility index (Phi) is 10.3. The van der Waals surface area contributed by atoms with E-state index in [4.69, 9.17) is 0 Å². The van der Waals surface area contributed by atoms with Crippen molar-refractivity contribution in [3.63, 3.8) is 0 Å². The van der Waals surface area contributed by atoms with E-state index in [0.29, 0.717) is 0 Å². The number of pyridine rings is 1. The quantitative estimate of drug-likeness (QED) is 0.341. The van der Waals surface area contributed by atoms with Gasteiger partial charge in [0.1, 0.15) is 0 Å². The third-order valence-corrected chi connectivity index (χ3v) is 10.6. The summed E-state index contributed by atoms with van der Waals surface area (Å²) in [5.41, 5.74) is 0.990. The van der Waals surface area contributed by atoms with Crippen LogP contribution in [0.3, 0.4) is 0 Å². The number of rotatable bonds is 4. The number of fused-ring (bicyclic) bond motifs is 4. The first kappa shape index (κ1) is 23.6. The van der Waals surface area contributed by atoms with Crippen molar-refractivity contribution in [2.75, 3.05) is 65.4 Å². The molecule has 2 aliphatic rings. The zero-order valence-corrected chi connectivity index (χ0v) is 21.3. The normalized spacial score (nSPS) is 26.1. The standard InChI is InChI=1S/C20H32I2N5O2/c21-22-27-12-4-10-24-7-2-8-25(15-16-27)9-3-11-26(14-13-24)17-18-5-1-6-19(23-18)20(28)29/h1,5-6H,2-4,7-17H2,(H,28,29)/q-1. The zero-order chi connectivity index (χ0) is 20.5. The van der Waals surface area contributed by atoms with Crippen LogP contribution in [0.15, 0.2) is 18.2 Å². The first-order chi connectivity index (χ1) is 14.1. The number of aromatic nitrogens is 1. The third kappa shape index (κ3) is 8.17. The van der Waals surface area contributed by atoms with Crippen molar-refractivity contribution in [3.05, 3.63) is 29.6 Å². The number of aromatic carboxylic acids is 1. The van der Waals surface area contributed by atoms with Gasteiger partial charge in [-0.3, -0.25) is 0 Å². The van der Waals surface area contributed by atoms with Gasteiger partial charge >= 0.3 is 180 Å². The Balaban J connectivity index is 1.66. The van der Waals surface area contributed by atoms with E-state index >= 15 is 0 Å². The van der Waals surface area contributed by atoms with E-state index in [0.717, 1.165) is 44.8 Å². The molecular weight excluding hydrogens is 596 g/mol. The molecule has 2 aliphatic heterocycles. The van der Waals surface area contributed by atoms with Crippen LogP contribution in [0, 0.1) is 0 Å². The topological polar surface area (TPSA) is 63.2 Å². The second kappa shape index (κ2) is 12.7. The molecule has 0 aromatic carbocycles. The van der Waals surface area contributed by atoms with E-state index in [1.165, 1.54) is 52.1 Å². The minimum absolute atomic E-state index is 0.137. The summed E-state index contributed by atoms with van der Waals surface area (Å²) >= 11 is 2.75. The van der Waals surface area contributed by atoms with Gasteiger partial charge in [0.05, 0.1) is 0 Å². The van der Waals surface area contributed by atoms with Gasteiger partial charge in [-0.15, -0.1) is 0 Å². The minimum atomic E-state index is -0.955. The van der Waals surface area contributed by atoms with Gasteiger partial charge in [0, 0.05) is 0 Å². The molecule has 0 radical (unpaired) electrons. The molecule has 0 spiro atoms. The molecule has 29 heavy (non-hydrogen) atoms. The number of carboxylic acids is 1. The molecule has 3 heterocycles. The summed E-state index contributed by atoms with van der Waals surface area (Å²) in [6, 6.07) is 5.32. The first-order valence-corrected chi connectivity index (χ1v) is 17.8. The second-order valence-electron chi connectivity index (χ2n) is 7.81. The van der Waals surface area contributed by atoms with Gasteiger partial charge in [-0.25, -0.2) is 4.79 Å². The van der Waals surface area contributed by atoms with Crippen LogP contribution in [0.5, 0.6) is 0 Å². The maximum atomic E-state index is 11.2. The summed E-state index contributed by atoms with van der Waals surface area (Å²) in [7, 11) is 0. The molecule has 2 saturated heterocycles. The van der Waals surface area contributed by atoms with E-state index in [-0.39, 0.29) is 23.2 Å². The number of halogens is 2. The zero-order valence-electron chi connectivity index (χ0n) is 17.0. The van der Waals surface area contributed by atoms with Crippen molar-refractivity contribution < 1.29 is 27.4 Å². The summed E-state index contributed by atoms with van der Waals surface area (Å²) in [5, 5.41) is 9.22. The van der Waals surface area contributed by atoms with Crippen LogP contribution in [-0.4, -0.2) is 99.3 Å². The van der Waals surface area contributed by atoms with Crippen molar-refractivity contribution >= 4 is 24.6 Å². The molecule has 1 aromatic heterocycles. The van der Waals surface area contributed by atoms with Gasteiger partial charge in [-0.2, -0.15) is 0 Å². The van der Waals surface area contributed by atoms with Crippen molar-refractivity contribution in [2.24, 2.45) is 0 Å². The van der Waals surface area contributed by atoms with Gasteiger partial charge in [0.2, 0.25) is 0 Å². The Morgan fingerprint density at radius 3 is 2.28 bits per heavy atom. The van der Waals surface area contributed by atoms with Gasteiger partial charge < -0.3 is 5.11 Å². The number of carboxylic acid groups (broad SMARTS) is 1. The van der Waals surface area contributed by atoms with E-state index in [1.807, 2.05) is 6.07 Å². The Morgan fingerprint density at radius 2 is 1.59 bits per heavy atom. The van der Waals surface area contributed by atoms with Crippen LogP contribution < -0.4 is 17.5 Å². The number of nitrogens with zero attached hydrogens (tertiary/aromatic N) is 5. The van der Waals surface area contributed by atoms with Crippen molar-refractivity contribution in [2.45, 2.75) is 25.8 Å². The van der Waals surface area contributed by atoms with Crippen molar-refractivity contribution in [3.8, 4) is 0 Å². The fourth-order valence-electron chi connectivity index (χ4n) is 4.07. The molecule has 0 aliphatic carbocycles. The molecule has 2 unspecified atom stereocenters. The molecule has 3 rings (SSSR count). The number of hydrogen-bond donors (Lipinski definition) is 1. The summed E-state index contributed by atoms with van der Waals surface area (Å²) in [5.74, 6) is -0.955. The Bertz CT molecular complexity index is 651. The van der Waals surface area contributed by atoms with Crippen LogP contribution >= 0.6 is 18.6 Å². The van der Waals surface area contributed by atoms with Crippen LogP contribution in [0.2, 0.25) is 0 Å². The fourth-order valence-corrected chi connectivity index (χ4v) is 7.43. The van der Waals surface area contributed by atoms with E-state index in [2.05, 4.69) is 41.4 Å². The van der Waals surface area contributed by atoms with Gasteiger partial charge in [-0.05, 0) is 6.07 Å². The number of carbonyl (C=O) groups is 1. The molecule has 0 amide bonds. The molecule has 2 fully saturated rings.